The molecule has 0 aromatic heterocycles. The van der Waals surface area contributed by atoms with Gasteiger partial charge in [-0.25, -0.2) is 0 Å². The molecule has 0 saturated carbocycles. The van der Waals surface area contributed by atoms with Crippen LogP contribution in [-0.4, -0.2) is 50.8 Å². The van der Waals surface area contributed by atoms with Gasteiger partial charge < -0.3 is 14.8 Å². The number of nitrogens with one attached hydrogen (secondary N) is 1. The van der Waals surface area contributed by atoms with Crippen LogP contribution in [0.25, 0.3) is 0 Å². The molecule has 4 nitrogen and oxygen atoms in total. The van der Waals surface area contributed by atoms with E-state index in [2.05, 4.69) is 17.1 Å². The molecule has 1 aliphatic heterocycles. The fraction of sp³-hybridized carbons (Fsp3) is 0.647. The minimum atomic E-state index is 0.655. The molecule has 1 unspecified atom stereocenters. The molecule has 0 aliphatic carbocycles. The topological polar surface area (TPSA) is 33.7 Å². The third kappa shape index (κ3) is 5.21. The maximum absolute atomic E-state index is 5.88. The Morgan fingerprint density at radius 2 is 2.05 bits per heavy atom. The summed E-state index contributed by atoms with van der Waals surface area (Å²) in [6, 6.07) is 8.48. The summed E-state index contributed by atoms with van der Waals surface area (Å²) in [7, 11) is 1.68. The molecule has 4 heteroatoms. The molecule has 1 atom stereocenters. The van der Waals surface area contributed by atoms with Crippen LogP contribution < -0.4 is 14.8 Å². The average Bonchev–Trinajstić information content (AvgIpc) is 3.01. The van der Waals surface area contributed by atoms with E-state index in [4.69, 9.17) is 9.47 Å². The van der Waals surface area contributed by atoms with Crippen molar-refractivity contribution in [1.29, 1.82) is 0 Å². The third-order valence-electron chi connectivity index (χ3n) is 3.91. The first-order valence-corrected chi connectivity index (χ1v) is 8.05. The van der Waals surface area contributed by atoms with Gasteiger partial charge in [-0.15, -0.1) is 0 Å². The highest BCUT2D eigenvalue weighted by Crippen LogP contribution is 2.25. The molecule has 0 amide bonds. The number of hydrogen-bond acceptors (Lipinski definition) is 4. The van der Waals surface area contributed by atoms with Crippen molar-refractivity contribution in [3.8, 4) is 11.5 Å². The van der Waals surface area contributed by atoms with Crippen LogP contribution in [0.15, 0.2) is 24.3 Å². The smallest absolute Gasteiger partial charge is 0.161 e. The largest absolute Gasteiger partial charge is 0.493 e. The Balaban J connectivity index is 1.78. The van der Waals surface area contributed by atoms with Crippen LogP contribution in [0.5, 0.6) is 11.5 Å². The number of nitrogens with zero attached hydrogens (tertiary/aromatic N) is 1. The van der Waals surface area contributed by atoms with Gasteiger partial charge in [0.15, 0.2) is 11.5 Å². The number of methoxy groups -OCH3 is 1. The summed E-state index contributed by atoms with van der Waals surface area (Å²) < 4.78 is 11.2. The lowest BCUT2D eigenvalue weighted by Crippen LogP contribution is -2.39. The van der Waals surface area contributed by atoms with Crippen LogP contribution in [0, 0.1) is 0 Å². The Labute approximate surface area is 128 Å². The van der Waals surface area contributed by atoms with Gasteiger partial charge in [-0.3, -0.25) is 4.90 Å². The number of rotatable bonds is 9. The van der Waals surface area contributed by atoms with Crippen molar-refractivity contribution >= 4 is 0 Å². The van der Waals surface area contributed by atoms with Gasteiger partial charge in [0.1, 0.15) is 6.61 Å². The fourth-order valence-corrected chi connectivity index (χ4v) is 2.86. The van der Waals surface area contributed by atoms with Crippen molar-refractivity contribution in [3.63, 3.8) is 0 Å². The summed E-state index contributed by atoms with van der Waals surface area (Å²) in [6.45, 7) is 7.33. The number of ether oxygens (including phenoxy) is 2. The quantitative estimate of drug-likeness (QED) is 0.758. The second kappa shape index (κ2) is 8.90. The molecule has 1 saturated heterocycles. The van der Waals surface area contributed by atoms with E-state index in [0.29, 0.717) is 12.6 Å². The second-order valence-corrected chi connectivity index (χ2v) is 5.59. The van der Waals surface area contributed by atoms with Crippen LogP contribution in [0.2, 0.25) is 0 Å². The molecule has 0 radical (unpaired) electrons. The second-order valence-electron chi connectivity index (χ2n) is 5.59. The van der Waals surface area contributed by atoms with Gasteiger partial charge in [0.25, 0.3) is 0 Å². The van der Waals surface area contributed by atoms with Crippen molar-refractivity contribution in [3.05, 3.63) is 24.3 Å². The molecule has 0 bridgehead atoms. The van der Waals surface area contributed by atoms with Gasteiger partial charge in [-0.2, -0.15) is 0 Å². The van der Waals surface area contributed by atoms with Gasteiger partial charge in [0.05, 0.1) is 7.11 Å². The Bertz CT molecular complexity index is 406. The zero-order valence-electron chi connectivity index (χ0n) is 13.3. The Kier molecular flexibility index (Phi) is 6.83. The van der Waals surface area contributed by atoms with Crippen LogP contribution >= 0.6 is 0 Å². The lowest BCUT2D eigenvalue weighted by atomic mass is 10.2. The molecule has 0 spiro atoms. The molecule has 1 aliphatic rings. The van der Waals surface area contributed by atoms with E-state index in [1.54, 1.807) is 7.11 Å². The van der Waals surface area contributed by atoms with E-state index in [1.807, 2.05) is 24.3 Å². The molecule has 1 N–H and O–H groups in total. The van der Waals surface area contributed by atoms with Gasteiger partial charge in [0, 0.05) is 19.1 Å². The van der Waals surface area contributed by atoms with E-state index >= 15 is 0 Å². The van der Waals surface area contributed by atoms with Gasteiger partial charge >= 0.3 is 0 Å². The highest BCUT2D eigenvalue weighted by molar-refractivity contribution is 5.39. The molecular weight excluding hydrogens is 264 g/mol. The first kappa shape index (κ1) is 16.1. The zero-order valence-corrected chi connectivity index (χ0v) is 13.3. The third-order valence-corrected chi connectivity index (χ3v) is 3.91. The van der Waals surface area contributed by atoms with Crippen LogP contribution in [0.3, 0.4) is 0 Å². The molecule has 1 fully saturated rings. The van der Waals surface area contributed by atoms with E-state index in [-0.39, 0.29) is 0 Å². The summed E-state index contributed by atoms with van der Waals surface area (Å²) in [5.41, 5.74) is 0. The van der Waals surface area contributed by atoms with Crippen molar-refractivity contribution < 1.29 is 9.47 Å². The first-order valence-electron chi connectivity index (χ1n) is 8.05. The Morgan fingerprint density at radius 1 is 1.24 bits per heavy atom. The van der Waals surface area contributed by atoms with E-state index in [9.17, 15) is 0 Å². The maximum atomic E-state index is 5.88. The molecule has 118 valence electrons. The molecule has 21 heavy (non-hydrogen) atoms. The highest BCUT2D eigenvalue weighted by Gasteiger charge is 2.17. The molecule has 1 aromatic rings. The minimum Gasteiger partial charge on any atom is -0.493 e. The summed E-state index contributed by atoms with van der Waals surface area (Å²) in [4.78, 5) is 2.50. The summed E-state index contributed by atoms with van der Waals surface area (Å²) in [6.07, 6.45) is 3.79. The number of para-hydroxylation sites is 2. The van der Waals surface area contributed by atoms with Crippen molar-refractivity contribution in [2.75, 3.05) is 39.9 Å². The van der Waals surface area contributed by atoms with Crippen LogP contribution in [0.1, 0.15) is 26.2 Å². The normalized spacial score (nSPS) is 18.1. The SMILES string of the molecule is CCCN(CCOc1ccccc1OC)CC1CCCN1. The standard InChI is InChI=1S/C17H28N2O2/c1-3-11-19(14-15-7-6-10-18-15)12-13-21-17-9-5-4-8-16(17)20-2/h4-5,8-9,15,18H,3,6-7,10-14H2,1-2H3. The van der Waals surface area contributed by atoms with Crippen LogP contribution in [-0.2, 0) is 0 Å². The Morgan fingerprint density at radius 3 is 2.71 bits per heavy atom. The van der Waals surface area contributed by atoms with Gasteiger partial charge in [-0.1, -0.05) is 19.1 Å². The zero-order chi connectivity index (χ0) is 14.9. The summed E-state index contributed by atoms with van der Waals surface area (Å²) >= 11 is 0. The Hall–Kier alpha value is -1.26. The van der Waals surface area contributed by atoms with Crippen molar-refractivity contribution in [2.24, 2.45) is 0 Å². The van der Waals surface area contributed by atoms with E-state index in [0.717, 1.165) is 31.1 Å². The summed E-state index contributed by atoms with van der Waals surface area (Å²) in [5, 5.41) is 3.57. The van der Waals surface area contributed by atoms with E-state index in [1.165, 1.54) is 25.8 Å². The predicted molar refractivity (Wildman–Crippen MR) is 86.2 cm³/mol. The first-order chi connectivity index (χ1) is 10.3. The lowest BCUT2D eigenvalue weighted by molar-refractivity contribution is 0.193. The van der Waals surface area contributed by atoms with Crippen LogP contribution in [0.4, 0.5) is 0 Å². The fourth-order valence-electron chi connectivity index (χ4n) is 2.86. The molecule has 2 rings (SSSR count). The minimum absolute atomic E-state index is 0.655. The lowest BCUT2D eigenvalue weighted by Gasteiger charge is -2.25. The number of benzene rings is 1. The molecule has 1 heterocycles. The van der Waals surface area contributed by atoms with E-state index < -0.39 is 0 Å². The maximum Gasteiger partial charge on any atom is 0.161 e. The van der Waals surface area contributed by atoms with Gasteiger partial charge in [-0.05, 0) is 44.5 Å². The van der Waals surface area contributed by atoms with Crippen molar-refractivity contribution in [2.45, 2.75) is 32.2 Å². The summed E-state index contributed by atoms with van der Waals surface area (Å²) in [5.74, 6) is 1.63. The van der Waals surface area contributed by atoms with Crippen molar-refractivity contribution in [1.82, 2.24) is 10.2 Å². The molecular formula is C17H28N2O2. The average molecular weight is 292 g/mol. The molecule has 1 aromatic carbocycles. The number of hydrogen-bond donors (Lipinski definition) is 1. The van der Waals surface area contributed by atoms with Gasteiger partial charge in [0.2, 0.25) is 0 Å². The predicted octanol–water partition coefficient (Wildman–Crippen LogP) is 2.54. The highest BCUT2D eigenvalue weighted by atomic mass is 16.5. The monoisotopic (exact) mass is 292 g/mol.